The Labute approximate surface area is 448 Å². The molecule has 4 heteroatoms. The predicted molar refractivity (Wildman–Crippen MR) is 330 cm³/mol. The van der Waals surface area contributed by atoms with Gasteiger partial charge in [0.15, 0.2) is 0 Å². The normalized spacial score (nSPS) is 12.1. The van der Waals surface area contributed by atoms with Crippen molar-refractivity contribution in [3.63, 3.8) is 0 Å². The van der Waals surface area contributed by atoms with E-state index in [0.29, 0.717) is 0 Å². The summed E-state index contributed by atoms with van der Waals surface area (Å²) >= 11 is 0. The van der Waals surface area contributed by atoms with Crippen molar-refractivity contribution in [2.75, 3.05) is 4.90 Å². The maximum Gasteiger partial charge on any atom is 0.136 e. The number of benzene rings is 14. The van der Waals surface area contributed by atoms with Gasteiger partial charge in [-0.15, -0.1) is 0 Å². The molecule has 14 aromatic carbocycles. The van der Waals surface area contributed by atoms with Gasteiger partial charge in [0.1, 0.15) is 11.2 Å². The highest BCUT2D eigenvalue weighted by Crippen LogP contribution is 2.47. The van der Waals surface area contributed by atoms with Gasteiger partial charge in [-0.25, -0.2) is 0 Å². The summed E-state index contributed by atoms with van der Waals surface area (Å²) in [6.07, 6.45) is 0. The van der Waals surface area contributed by atoms with E-state index in [1.165, 1.54) is 81.1 Å². The molecule has 0 bridgehead atoms. The Bertz CT molecular complexity index is 5350. The van der Waals surface area contributed by atoms with E-state index < -0.39 is 0 Å². The minimum Gasteiger partial charge on any atom is -0.456 e. The fraction of sp³-hybridized carbons (Fsp3) is 0. The molecule has 0 aliphatic rings. The van der Waals surface area contributed by atoms with E-state index in [2.05, 4.69) is 287 Å². The number of aromatic nitrogens is 2. The van der Waals surface area contributed by atoms with Crippen molar-refractivity contribution in [2.24, 2.45) is 0 Å². The van der Waals surface area contributed by atoms with Crippen molar-refractivity contribution in [1.82, 2.24) is 9.13 Å². The quantitative estimate of drug-likeness (QED) is 0.155. The van der Waals surface area contributed by atoms with E-state index in [1.807, 2.05) is 0 Å². The highest BCUT2D eigenvalue weighted by atomic mass is 16.3. The van der Waals surface area contributed by atoms with Gasteiger partial charge < -0.3 is 18.5 Å². The number of para-hydroxylation sites is 3. The lowest BCUT2D eigenvalue weighted by atomic mass is 9.95. The van der Waals surface area contributed by atoms with Gasteiger partial charge in [0.05, 0.1) is 27.8 Å². The third-order valence-corrected chi connectivity index (χ3v) is 16.6. The van der Waals surface area contributed by atoms with Crippen LogP contribution in [0.1, 0.15) is 0 Å². The molecule has 0 aliphatic heterocycles. The Kier molecular flexibility index (Phi) is 9.09. The topological polar surface area (TPSA) is 26.2 Å². The Balaban J connectivity index is 0.868. The molecule has 0 unspecified atom stereocenters. The maximum absolute atomic E-state index is 6.50. The summed E-state index contributed by atoms with van der Waals surface area (Å²) in [7, 11) is 0. The van der Waals surface area contributed by atoms with E-state index in [9.17, 15) is 0 Å². The van der Waals surface area contributed by atoms with Crippen LogP contribution in [0.2, 0.25) is 0 Å². The van der Waals surface area contributed by atoms with Gasteiger partial charge in [-0.2, -0.15) is 0 Å². The van der Waals surface area contributed by atoms with E-state index >= 15 is 0 Å². The van der Waals surface area contributed by atoms with Gasteiger partial charge in [-0.3, -0.25) is 0 Å². The summed E-state index contributed by atoms with van der Waals surface area (Å²) < 4.78 is 11.3. The molecule has 0 saturated carbocycles. The molecule has 78 heavy (non-hydrogen) atoms. The lowest BCUT2D eigenvalue weighted by Crippen LogP contribution is -2.11. The highest BCUT2D eigenvalue weighted by Gasteiger charge is 2.23. The third-order valence-electron chi connectivity index (χ3n) is 16.6. The van der Waals surface area contributed by atoms with Crippen molar-refractivity contribution in [1.29, 1.82) is 0 Å². The van der Waals surface area contributed by atoms with Crippen LogP contribution in [0.4, 0.5) is 17.1 Å². The van der Waals surface area contributed by atoms with Crippen molar-refractivity contribution >= 4 is 136 Å². The number of hydrogen-bond donors (Lipinski definition) is 0. The zero-order valence-corrected chi connectivity index (χ0v) is 42.2. The van der Waals surface area contributed by atoms with Gasteiger partial charge in [-0.1, -0.05) is 182 Å². The Morgan fingerprint density at radius 3 is 1.56 bits per heavy atom. The molecule has 362 valence electrons. The van der Waals surface area contributed by atoms with Crippen LogP contribution in [0.5, 0.6) is 0 Å². The number of nitrogens with zero attached hydrogens (tertiary/aromatic N) is 3. The van der Waals surface area contributed by atoms with Crippen molar-refractivity contribution in [2.45, 2.75) is 0 Å². The molecule has 0 atom stereocenters. The van der Waals surface area contributed by atoms with E-state index in [0.717, 1.165) is 77.9 Å². The van der Waals surface area contributed by atoms with E-state index in [4.69, 9.17) is 4.42 Å². The molecule has 3 aromatic heterocycles. The summed E-state index contributed by atoms with van der Waals surface area (Å²) in [6.45, 7) is 0. The zero-order valence-electron chi connectivity index (χ0n) is 42.2. The second-order valence-corrected chi connectivity index (χ2v) is 20.8. The number of fused-ring (bicyclic) bond motifs is 16. The molecular weight excluding hydrogens is 947 g/mol. The molecule has 0 amide bonds. The molecule has 0 fully saturated rings. The summed E-state index contributed by atoms with van der Waals surface area (Å²) in [5.74, 6) is 0. The summed E-state index contributed by atoms with van der Waals surface area (Å²) in [6, 6.07) is 100. The fourth-order valence-electron chi connectivity index (χ4n) is 13.1. The lowest BCUT2D eigenvalue weighted by molar-refractivity contribution is 0.669. The molecule has 0 saturated heterocycles. The monoisotopic (exact) mass is 991 g/mol. The lowest BCUT2D eigenvalue weighted by Gasteiger charge is -2.28. The van der Waals surface area contributed by atoms with Crippen LogP contribution >= 0.6 is 0 Å². The molecule has 0 radical (unpaired) electrons. The fourth-order valence-corrected chi connectivity index (χ4v) is 13.1. The molecular formula is C74H45N3O. The smallest absolute Gasteiger partial charge is 0.136 e. The summed E-state index contributed by atoms with van der Waals surface area (Å²) in [5, 5.41) is 19.3. The number of rotatable bonds is 6. The largest absolute Gasteiger partial charge is 0.456 e. The van der Waals surface area contributed by atoms with Crippen LogP contribution in [0.15, 0.2) is 277 Å². The first-order valence-corrected chi connectivity index (χ1v) is 26.8. The van der Waals surface area contributed by atoms with Crippen LogP contribution in [0.25, 0.3) is 142 Å². The standard InChI is InChI=1S/C74H45N3O/c1-2-17-51(18-3-1)76-68-24-12-10-23-63(68)65-36-30-54(45-72(65)76)75(52-29-35-56-49(40-52)27-33-59-55-19-7-6-14-46(55)26-32-60(56)59)70-38-37-57(58-20-8-9-21-61(58)70)50-28-34-64-62-22-11-13-25-69(62)77(71(64)42-50)53-31-39-73-67(44-53)66-41-47-15-4-5-16-48(47)43-74(66)78-73/h1-45H. The zero-order chi connectivity index (χ0) is 51.0. The maximum atomic E-state index is 6.50. The van der Waals surface area contributed by atoms with Gasteiger partial charge in [-0.05, 0) is 151 Å². The van der Waals surface area contributed by atoms with Crippen molar-refractivity contribution < 1.29 is 4.42 Å². The van der Waals surface area contributed by atoms with Crippen LogP contribution in [0, 0.1) is 0 Å². The molecule has 4 nitrogen and oxygen atoms in total. The first-order chi connectivity index (χ1) is 38.7. The molecule has 17 rings (SSSR count). The van der Waals surface area contributed by atoms with E-state index in [-0.39, 0.29) is 0 Å². The molecule has 0 N–H and O–H groups in total. The van der Waals surface area contributed by atoms with Crippen LogP contribution in [0.3, 0.4) is 0 Å². The van der Waals surface area contributed by atoms with E-state index in [1.54, 1.807) is 0 Å². The molecule has 0 aliphatic carbocycles. The SMILES string of the molecule is c1ccc(-n2c3ccccc3c3ccc(N(c4ccc5c(ccc6c7ccccc7ccc56)c4)c4ccc(-c5ccc6c7ccccc7n(-c7ccc8oc9cc%10ccccc%10cc9c8c7)c6c5)c5ccccc45)cc32)cc1. The van der Waals surface area contributed by atoms with Gasteiger partial charge in [0.2, 0.25) is 0 Å². The second-order valence-electron chi connectivity index (χ2n) is 20.8. The van der Waals surface area contributed by atoms with Crippen LogP contribution < -0.4 is 4.90 Å². The highest BCUT2D eigenvalue weighted by molar-refractivity contribution is 6.19. The summed E-state index contributed by atoms with van der Waals surface area (Å²) in [5.41, 5.74) is 14.3. The first kappa shape index (κ1) is 42.9. The van der Waals surface area contributed by atoms with Gasteiger partial charge >= 0.3 is 0 Å². The van der Waals surface area contributed by atoms with Crippen molar-refractivity contribution in [3.8, 4) is 22.5 Å². The Hall–Kier alpha value is -10.4. The number of hydrogen-bond acceptors (Lipinski definition) is 2. The molecule has 17 aromatic rings. The van der Waals surface area contributed by atoms with Gasteiger partial charge in [0.25, 0.3) is 0 Å². The average Bonchev–Trinajstić information content (AvgIpc) is 4.17. The van der Waals surface area contributed by atoms with Crippen LogP contribution in [-0.2, 0) is 0 Å². The second kappa shape index (κ2) is 16.5. The third kappa shape index (κ3) is 6.35. The minimum absolute atomic E-state index is 0.885. The predicted octanol–water partition coefficient (Wildman–Crippen LogP) is 20.7. The van der Waals surface area contributed by atoms with Gasteiger partial charge in [0, 0.05) is 60.5 Å². The summed E-state index contributed by atoms with van der Waals surface area (Å²) in [4.78, 5) is 2.47. The molecule has 3 heterocycles. The first-order valence-electron chi connectivity index (χ1n) is 26.8. The number of furan rings is 1. The van der Waals surface area contributed by atoms with Crippen molar-refractivity contribution in [3.05, 3.63) is 273 Å². The number of anilines is 3. The Morgan fingerprint density at radius 1 is 0.256 bits per heavy atom. The molecule has 0 spiro atoms. The minimum atomic E-state index is 0.885. The average molecular weight is 992 g/mol. The Morgan fingerprint density at radius 2 is 0.795 bits per heavy atom. The van der Waals surface area contributed by atoms with Crippen LogP contribution in [-0.4, -0.2) is 9.13 Å².